The van der Waals surface area contributed by atoms with E-state index in [1.807, 2.05) is 50.0 Å². The Morgan fingerprint density at radius 3 is 1.79 bits per heavy atom. The summed E-state index contributed by atoms with van der Waals surface area (Å²) in [4.78, 5) is 29.2. The maximum Gasteiger partial charge on any atom is 0.129 e. The molecule has 1 N–H and O–H groups in total. The van der Waals surface area contributed by atoms with E-state index in [2.05, 4.69) is 98.1 Å². The van der Waals surface area contributed by atoms with Gasteiger partial charge in [0.15, 0.2) is 0 Å². The second-order valence-electron chi connectivity index (χ2n) is 17.5. The van der Waals surface area contributed by atoms with Gasteiger partial charge in [-0.1, -0.05) is 0 Å². The SMILES string of the molecule is COc1cc(OC)c2c(c1)N(c1ccc3ncc(-c4cn[nH]c4)nc3c1)CCN(C(C)CCOc1cc(OC)c3c(c1)N(c1ccc4ncc(-c5cnn(C)c5)nc4c1)CCN(C(C)C)C3)C2. The van der Waals surface area contributed by atoms with E-state index in [-0.39, 0.29) is 6.04 Å². The van der Waals surface area contributed by atoms with Crippen molar-refractivity contribution in [2.24, 2.45) is 7.05 Å². The Labute approximate surface area is 390 Å². The minimum absolute atomic E-state index is 0.175. The molecule has 0 radical (unpaired) electrons. The third-order valence-corrected chi connectivity index (χ3v) is 13.1. The highest BCUT2D eigenvalue weighted by atomic mass is 16.5. The smallest absolute Gasteiger partial charge is 0.129 e. The summed E-state index contributed by atoms with van der Waals surface area (Å²) in [6, 6.07) is 21.4. The molecule has 0 bridgehead atoms. The zero-order chi connectivity index (χ0) is 46.2. The first-order chi connectivity index (χ1) is 32.7. The molecule has 2 aliphatic rings. The molecule has 8 aromatic rings. The quantitative estimate of drug-likeness (QED) is 0.118. The van der Waals surface area contributed by atoms with Crippen LogP contribution in [-0.2, 0) is 20.1 Å². The fourth-order valence-electron chi connectivity index (χ4n) is 9.28. The van der Waals surface area contributed by atoms with Crippen LogP contribution in [0, 0.1) is 0 Å². The topological polar surface area (TPSA) is 148 Å². The Kier molecular flexibility index (Phi) is 12.1. The number of rotatable bonds is 13. The molecule has 16 nitrogen and oxygen atoms in total. The van der Waals surface area contributed by atoms with Crippen molar-refractivity contribution in [3.8, 4) is 45.5 Å². The number of nitrogens with one attached hydrogen (secondary N) is 1. The molecule has 0 saturated heterocycles. The molecular formula is C51H56N12O4. The van der Waals surface area contributed by atoms with Crippen molar-refractivity contribution in [2.45, 2.75) is 52.4 Å². The van der Waals surface area contributed by atoms with Crippen molar-refractivity contribution in [1.82, 2.24) is 49.7 Å². The second kappa shape index (κ2) is 18.5. The Balaban J connectivity index is 0.909. The van der Waals surface area contributed by atoms with Crippen molar-refractivity contribution < 1.29 is 18.9 Å². The van der Waals surface area contributed by atoms with E-state index < -0.39 is 0 Å². The lowest BCUT2D eigenvalue weighted by atomic mass is 10.1. The molecule has 1 atom stereocenters. The van der Waals surface area contributed by atoms with Crippen LogP contribution < -0.4 is 28.7 Å². The number of benzene rings is 4. The molecule has 0 spiro atoms. The van der Waals surface area contributed by atoms with Gasteiger partial charge in [-0.25, -0.2) is 9.97 Å². The number of H-pyrrole nitrogens is 1. The monoisotopic (exact) mass is 900 g/mol. The van der Waals surface area contributed by atoms with E-state index in [0.29, 0.717) is 19.2 Å². The number of hydrogen-bond acceptors (Lipinski definition) is 14. The van der Waals surface area contributed by atoms with Gasteiger partial charge in [-0.3, -0.25) is 29.5 Å². The molecule has 4 aromatic heterocycles. The van der Waals surface area contributed by atoms with Crippen LogP contribution in [0.4, 0.5) is 22.7 Å². The summed E-state index contributed by atoms with van der Waals surface area (Å²) in [7, 11) is 7.06. The van der Waals surface area contributed by atoms with Crippen molar-refractivity contribution in [3.63, 3.8) is 0 Å². The van der Waals surface area contributed by atoms with Crippen LogP contribution in [-0.4, -0.2) is 116 Å². The van der Waals surface area contributed by atoms with Crippen LogP contribution in [0.2, 0.25) is 0 Å². The van der Waals surface area contributed by atoms with Crippen LogP contribution >= 0.6 is 0 Å². The summed E-state index contributed by atoms with van der Waals surface area (Å²) in [5, 5.41) is 11.3. The van der Waals surface area contributed by atoms with Crippen LogP contribution in [0.3, 0.4) is 0 Å². The fraction of sp³-hybridized carbons (Fsp3) is 0.333. The van der Waals surface area contributed by atoms with Gasteiger partial charge in [0.2, 0.25) is 0 Å². The third kappa shape index (κ3) is 8.77. The largest absolute Gasteiger partial charge is 0.497 e. The average Bonchev–Trinajstić information content (AvgIpc) is 3.96. The summed E-state index contributed by atoms with van der Waals surface area (Å²) >= 11 is 0. The zero-order valence-corrected chi connectivity index (χ0v) is 39.1. The lowest BCUT2D eigenvalue weighted by Crippen LogP contribution is -2.36. The van der Waals surface area contributed by atoms with Gasteiger partial charge >= 0.3 is 0 Å². The van der Waals surface area contributed by atoms with Crippen molar-refractivity contribution >= 4 is 44.8 Å². The molecular weight excluding hydrogens is 845 g/mol. The molecule has 344 valence electrons. The van der Waals surface area contributed by atoms with E-state index in [9.17, 15) is 0 Å². The highest BCUT2D eigenvalue weighted by molar-refractivity contribution is 5.85. The number of fused-ring (bicyclic) bond motifs is 4. The highest BCUT2D eigenvalue weighted by Gasteiger charge is 2.30. The number of hydrogen-bond donors (Lipinski definition) is 1. The molecule has 6 heterocycles. The molecule has 0 saturated carbocycles. The summed E-state index contributed by atoms with van der Waals surface area (Å²) in [5.74, 6) is 3.08. The Morgan fingerprint density at radius 1 is 0.627 bits per heavy atom. The molecule has 4 aromatic carbocycles. The lowest BCUT2D eigenvalue weighted by Gasteiger charge is -2.29. The first kappa shape index (κ1) is 43.6. The summed E-state index contributed by atoms with van der Waals surface area (Å²) in [6.45, 7) is 11.9. The standard InChI is InChI=1S/C51H56N12O4/c1-32(2)60-13-15-62(36-8-11-43-45(19-36)58-47(28-53-43)35-26-56-59(4)29-35)49-21-39(23-51(66-7)40(49)30-60)67-17-12-33(3)61-14-16-63(48-20-38(64-5)22-50(65-6)41(48)31-61)37-9-10-42-44(18-37)57-46(27-52-42)34-24-54-55-25-34/h8-11,18-29,32-33H,12-17,30-31H2,1-7H3,(H,54,55). The van der Waals surface area contributed by atoms with Gasteiger partial charge in [0.1, 0.15) is 23.0 Å². The first-order valence-corrected chi connectivity index (χ1v) is 22.8. The number of ether oxygens (including phenoxy) is 4. The first-order valence-electron chi connectivity index (χ1n) is 22.8. The molecule has 16 heteroatoms. The molecule has 0 amide bonds. The Bertz CT molecular complexity index is 3050. The summed E-state index contributed by atoms with van der Waals surface area (Å²) < 4.78 is 26.5. The predicted molar refractivity (Wildman–Crippen MR) is 261 cm³/mol. The minimum atomic E-state index is 0.175. The second-order valence-corrected chi connectivity index (χ2v) is 17.5. The highest BCUT2D eigenvalue weighted by Crippen LogP contribution is 2.43. The summed E-state index contributed by atoms with van der Waals surface area (Å²) in [6.07, 6.45) is 11.7. The van der Waals surface area contributed by atoms with Gasteiger partial charge in [-0.15, -0.1) is 0 Å². The van der Waals surface area contributed by atoms with E-state index in [4.69, 9.17) is 38.9 Å². The maximum atomic E-state index is 6.71. The van der Waals surface area contributed by atoms with Crippen LogP contribution in [0.5, 0.6) is 23.0 Å². The molecule has 67 heavy (non-hydrogen) atoms. The van der Waals surface area contributed by atoms with Gasteiger partial charge in [-0.05, 0) is 63.6 Å². The number of aromatic nitrogens is 8. The predicted octanol–water partition coefficient (Wildman–Crippen LogP) is 8.56. The van der Waals surface area contributed by atoms with Crippen molar-refractivity contribution in [2.75, 3.05) is 63.9 Å². The van der Waals surface area contributed by atoms with Gasteiger partial charge in [0.05, 0.1) is 97.6 Å². The van der Waals surface area contributed by atoms with Gasteiger partial charge in [-0.2, -0.15) is 10.2 Å². The van der Waals surface area contributed by atoms with Crippen molar-refractivity contribution in [3.05, 3.63) is 109 Å². The van der Waals surface area contributed by atoms with Gasteiger partial charge in [0.25, 0.3) is 0 Å². The van der Waals surface area contributed by atoms with E-state index in [1.165, 1.54) is 0 Å². The third-order valence-electron chi connectivity index (χ3n) is 13.1. The molecule has 1 unspecified atom stereocenters. The number of nitrogens with zero attached hydrogens (tertiary/aromatic N) is 11. The Morgan fingerprint density at radius 2 is 1.22 bits per heavy atom. The lowest BCUT2D eigenvalue weighted by molar-refractivity contribution is 0.172. The molecule has 10 rings (SSSR count). The van der Waals surface area contributed by atoms with Crippen LogP contribution in [0.25, 0.3) is 44.6 Å². The normalized spacial score (nSPS) is 15.0. The number of anilines is 4. The van der Waals surface area contributed by atoms with E-state index in [0.717, 1.165) is 141 Å². The number of aromatic amines is 1. The Hall–Kier alpha value is -7.30. The summed E-state index contributed by atoms with van der Waals surface area (Å²) in [5.41, 5.74) is 13.0. The van der Waals surface area contributed by atoms with E-state index >= 15 is 0 Å². The average molecular weight is 901 g/mol. The fourth-order valence-corrected chi connectivity index (χ4v) is 9.28. The minimum Gasteiger partial charge on any atom is -0.497 e. The van der Waals surface area contributed by atoms with Crippen molar-refractivity contribution in [1.29, 1.82) is 0 Å². The van der Waals surface area contributed by atoms with Crippen LogP contribution in [0.1, 0.15) is 38.3 Å². The number of aryl methyl sites for hydroxylation is 1. The maximum absolute atomic E-state index is 6.71. The number of methoxy groups -OCH3 is 3. The van der Waals surface area contributed by atoms with Gasteiger partial charge < -0.3 is 28.7 Å². The van der Waals surface area contributed by atoms with Gasteiger partial charge in [0, 0.05) is 129 Å². The molecule has 0 aliphatic carbocycles. The molecule has 2 aliphatic heterocycles. The van der Waals surface area contributed by atoms with Crippen LogP contribution in [0.15, 0.2) is 97.8 Å². The zero-order valence-electron chi connectivity index (χ0n) is 39.1. The molecule has 0 fully saturated rings. The van der Waals surface area contributed by atoms with E-state index in [1.54, 1.807) is 38.4 Å².